The quantitative estimate of drug-likeness (QED) is 0.515. The second-order valence-electron chi connectivity index (χ2n) is 3.42. The Morgan fingerprint density at radius 2 is 1.80 bits per heavy atom. The zero-order valence-corrected chi connectivity index (χ0v) is 8.49. The Morgan fingerprint density at radius 1 is 1.07 bits per heavy atom. The second kappa shape index (κ2) is 5.79. The predicted molar refractivity (Wildman–Crippen MR) is 57.0 cm³/mol. The van der Waals surface area contributed by atoms with Gasteiger partial charge in [0.25, 0.3) is 0 Å². The first kappa shape index (κ1) is 10.5. The molecule has 1 aromatic rings. The lowest BCUT2D eigenvalue weighted by molar-refractivity contribution is 0.110. The summed E-state index contributed by atoms with van der Waals surface area (Å²) in [6, 6.07) is 10.2. The van der Waals surface area contributed by atoms with E-state index in [9.17, 15) is 0 Å². The first-order valence-corrected chi connectivity index (χ1v) is 5.08. The SMILES string of the molecule is c1ccc(COCCC2NNNN2)cc1. The van der Waals surface area contributed by atoms with E-state index in [1.807, 2.05) is 18.2 Å². The van der Waals surface area contributed by atoms with Crippen molar-refractivity contribution in [1.29, 1.82) is 0 Å². The Hall–Kier alpha value is -0.980. The largest absolute Gasteiger partial charge is 0.377 e. The van der Waals surface area contributed by atoms with Crippen LogP contribution in [0.2, 0.25) is 0 Å². The standard InChI is InChI=1S/C10H16N4O/c1-2-4-9(5-3-1)8-15-7-6-10-11-13-14-12-10/h1-5,10-14H,6-8H2. The molecule has 2 rings (SSSR count). The van der Waals surface area contributed by atoms with Gasteiger partial charge < -0.3 is 4.74 Å². The van der Waals surface area contributed by atoms with Gasteiger partial charge in [0.2, 0.25) is 0 Å². The topological polar surface area (TPSA) is 57.4 Å². The van der Waals surface area contributed by atoms with Crippen molar-refractivity contribution in [3.63, 3.8) is 0 Å². The molecule has 0 radical (unpaired) electrons. The van der Waals surface area contributed by atoms with Crippen LogP contribution in [0.15, 0.2) is 30.3 Å². The van der Waals surface area contributed by atoms with Crippen LogP contribution >= 0.6 is 0 Å². The average Bonchev–Trinajstić information content (AvgIpc) is 2.79. The van der Waals surface area contributed by atoms with E-state index in [1.165, 1.54) is 5.56 Å². The average molecular weight is 208 g/mol. The molecule has 0 aliphatic carbocycles. The summed E-state index contributed by atoms with van der Waals surface area (Å²) >= 11 is 0. The van der Waals surface area contributed by atoms with Crippen molar-refractivity contribution < 1.29 is 4.74 Å². The Labute approximate surface area is 89.1 Å². The molecule has 1 aromatic carbocycles. The number of nitrogens with one attached hydrogen (secondary N) is 4. The molecule has 82 valence electrons. The highest BCUT2D eigenvalue weighted by molar-refractivity contribution is 5.13. The molecule has 0 aromatic heterocycles. The molecule has 1 aliphatic heterocycles. The molecule has 0 unspecified atom stereocenters. The smallest absolute Gasteiger partial charge is 0.0881 e. The third-order valence-electron chi connectivity index (χ3n) is 2.22. The van der Waals surface area contributed by atoms with E-state index in [2.05, 4.69) is 34.1 Å². The maximum atomic E-state index is 5.55. The minimum Gasteiger partial charge on any atom is -0.377 e. The normalized spacial score (nSPS) is 17.1. The first-order valence-electron chi connectivity index (χ1n) is 5.08. The van der Waals surface area contributed by atoms with Gasteiger partial charge in [-0.05, 0) is 5.56 Å². The van der Waals surface area contributed by atoms with Crippen LogP contribution in [0, 0.1) is 0 Å². The number of benzene rings is 1. The molecule has 0 atom stereocenters. The van der Waals surface area contributed by atoms with Gasteiger partial charge in [-0.15, -0.1) is 0 Å². The van der Waals surface area contributed by atoms with E-state index in [0.29, 0.717) is 6.61 Å². The van der Waals surface area contributed by atoms with Crippen LogP contribution < -0.4 is 21.9 Å². The molecule has 1 heterocycles. The molecule has 0 spiro atoms. The minimum atomic E-state index is 0.223. The Morgan fingerprint density at radius 3 is 2.53 bits per heavy atom. The van der Waals surface area contributed by atoms with E-state index in [0.717, 1.165) is 13.0 Å². The van der Waals surface area contributed by atoms with Crippen LogP contribution in [0.5, 0.6) is 0 Å². The van der Waals surface area contributed by atoms with Gasteiger partial charge in [-0.1, -0.05) is 30.3 Å². The predicted octanol–water partition coefficient (Wildman–Crippen LogP) is 0.0364. The third kappa shape index (κ3) is 3.58. The van der Waals surface area contributed by atoms with Crippen molar-refractivity contribution in [2.75, 3.05) is 6.61 Å². The van der Waals surface area contributed by atoms with Crippen LogP contribution in [0.3, 0.4) is 0 Å². The van der Waals surface area contributed by atoms with Crippen LogP contribution in [0.4, 0.5) is 0 Å². The molecular weight excluding hydrogens is 192 g/mol. The van der Waals surface area contributed by atoms with Crippen molar-refractivity contribution in [2.24, 2.45) is 0 Å². The Kier molecular flexibility index (Phi) is 4.07. The number of ether oxygens (including phenoxy) is 1. The molecule has 4 N–H and O–H groups in total. The van der Waals surface area contributed by atoms with Crippen LogP contribution in [0.25, 0.3) is 0 Å². The van der Waals surface area contributed by atoms with Gasteiger partial charge in [-0.3, -0.25) is 0 Å². The van der Waals surface area contributed by atoms with Crippen molar-refractivity contribution in [3.05, 3.63) is 35.9 Å². The molecule has 5 heteroatoms. The summed E-state index contributed by atoms with van der Waals surface area (Å²) in [5, 5.41) is 0. The Balaban J connectivity index is 1.59. The summed E-state index contributed by atoms with van der Waals surface area (Å²) in [6.07, 6.45) is 1.13. The highest BCUT2D eigenvalue weighted by Gasteiger charge is 2.10. The van der Waals surface area contributed by atoms with Gasteiger partial charge in [-0.2, -0.15) is 11.1 Å². The fourth-order valence-electron chi connectivity index (χ4n) is 1.39. The van der Waals surface area contributed by atoms with E-state index in [1.54, 1.807) is 0 Å². The molecule has 0 amide bonds. The molecule has 1 saturated heterocycles. The Bertz CT molecular complexity index is 274. The molecule has 0 bridgehead atoms. The van der Waals surface area contributed by atoms with Gasteiger partial charge in [0, 0.05) is 13.0 Å². The summed E-state index contributed by atoms with van der Waals surface area (Å²) in [5.41, 5.74) is 12.7. The highest BCUT2D eigenvalue weighted by atomic mass is 16.5. The number of rotatable bonds is 5. The maximum absolute atomic E-state index is 5.55. The number of hydrogen-bond donors (Lipinski definition) is 4. The zero-order valence-electron chi connectivity index (χ0n) is 8.49. The summed E-state index contributed by atoms with van der Waals surface area (Å²) < 4.78 is 5.55. The fraction of sp³-hybridized carbons (Fsp3) is 0.400. The zero-order chi connectivity index (χ0) is 10.3. The molecule has 15 heavy (non-hydrogen) atoms. The molecular formula is C10H16N4O. The fourth-order valence-corrected chi connectivity index (χ4v) is 1.39. The van der Waals surface area contributed by atoms with E-state index in [-0.39, 0.29) is 6.17 Å². The van der Waals surface area contributed by atoms with Crippen LogP contribution in [0.1, 0.15) is 12.0 Å². The lowest BCUT2D eigenvalue weighted by atomic mass is 10.2. The molecule has 1 fully saturated rings. The lowest BCUT2D eigenvalue weighted by Gasteiger charge is -2.08. The highest BCUT2D eigenvalue weighted by Crippen LogP contribution is 2.01. The van der Waals surface area contributed by atoms with E-state index >= 15 is 0 Å². The molecule has 5 nitrogen and oxygen atoms in total. The number of hydrazine groups is 3. The van der Waals surface area contributed by atoms with Crippen molar-refractivity contribution >= 4 is 0 Å². The number of hydrogen-bond acceptors (Lipinski definition) is 5. The second-order valence-corrected chi connectivity index (χ2v) is 3.42. The van der Waals surface area contributed by atoms with E-state index < -0.39 is 0 Å². The molecule has 0 saturated carbocycles. The summed E-state index contributed by atoms with van der Waals surface area (Å²) in [7, 11) is 0. The third-order valence-corrected chi connectivity index (χ3v) is 2.22. The monoisotopic (exact) mass is 208 g/mol. The van der Waals surface area contributed by atoms with Gasteiger partial charge in [0.15, 0.2) is 0 Å². The van der Waals surface area contributed by atoms with Crippen molar-refractivity contribution in [1.82, 2.24) is 21.9 Å². The van der Waals surface area contributed by atoms with E-state index in [4.69, 9.17) is 4.74 Å². The van der Waals surface area contributed by atoms with Gasteiger partial charge in [0.1, 0.15) is 0 Å². The van der Waals surface area contributed by atoms with Crippen LogP contribution in [-0.4, -0.2) is 12.8 Å². The minimum absolute atomic E-state index is 0.223. The lowest BCUT2D eigenvalue weighted by Crippen LogP contribution is -2.34. The van der Waals surface area contributed by atoms with Gasteiger partial charge in [-0.25, -0.2) is 10.9 Å². The summed E-state index contributed by atoms with van der Waals surface area (Å²) in [5.74, 6) is 0. The first-order chi connectivity index (χ1) is 7.45. The van der Waals surface area contributed by atoms with Crippen molar-refractivity contribution in [2.45, 2.75) is 19.2 Å². The summed E-state index contributed by atoms with van der Waals surface area (Å²) in [4.78, 5) is 0. The van der Waals surface area contributed by atoms with Crippen LogP contribution in [-0.2, 0) is 11.3 Å². The van der Waals surface area contributed by atoms with Gasteiger partial charge in [0.05, 0.1) is 12.8 Å². The maximum Gasteiger partial charge on any atom is 0.0881 e. The van der Waals surface area contributed by atoms with Gasteiger partial charge >= 0.3 is 0 Å². The summed E-state index contributed by atoms with van der Waals surface area (Å²) in [6.45, 7) is 1.40. The molecule has 1 aliphatic rings. The van der Waals surface area contributed by atoms with Crippen molar-refractivity contribution in [3.8, 4) is 0 Å².